The summed E-state index contributed by atoms with van der Waals surface area (Å²) in [5.74, 6) is 0.282. The third kappa shape index (κ3) is 7.95. The molecule has 3 rings (SSSR count). The molecule has 1 saturated heterocycles. The SMILES string of the molecule is CC(C)CN1CCN(C(C(=O)N(C)CCc2cc(C(F)(F)F)cc(C(F)(F)F)c2)c2ccccc2)CC1. The zero-order valence-corrected chi connectivity index (χ0v) is 21.2. The fraction of sp³-hybridized carbons (Fsp3) is 0.519. The smallest absolute Gasteiger partial charge is 0.344 e. The van der Waals surface area contributed by atoms with Crippen LogP contribution in [0.15, 0.2) is 48.5 Å². The number of carbonyl (C=O) groups excluding carboxylic acids is 1. The Balaban J connectivity index is 1.77. The average molecular weight is 530 g/mol. The van der Waals surface area contributed by atoms with Gasteiger partial charge in [0.15, 0.2) is 0 Å². The number of alkyl halides is 6. The lowest BCUT2D eigenvalue weighted by atomic mass is 10.0. The Hall–Kier alpha value is -2.59. The van der Waals surface area contributed by atoms with Gasteiger partial charge in [0, 0.05) is 46.3 Å². The fourth-order valence-corrected chi connectivity index (χ4v) is 4.64. The van der Waals surface area contributed by atoms with Gasteiger partial charge in [-0.1, -0.05) is 44.2 Å². The normalized spacial score (nSPS) is 16.7. The molecule has 204 valence electrons. The van der Waals surface area contributed by atoms with Crippen LogP contribution in [0.25, 0.3) is 0 Å². The van der Waals surface area contributed by atoms with Crippen LogP contribution in [-0.4, -0.2) is 66.9 Å². The van der Waals surface area contributed by atoms with Crippen LogP contribution in [0.1, 0.15) is 42.1 Å². The van der Waals surface area contributed by atoms with E-state index in [1.165, 1.54) is 11.9 Å². The van der Waals surface area contributed by atoms with Crippen LogP contribution in [0.4, 0.5) is 26.3 Å². The molecule has 0 bridgehead atoms. The number of likely N-dealkylation sites (N-methyl/N-ethyl adjacent to an activating group) is 1. The third-order valence-corrected chi connectivity index (χ3v) is 6.50. The molecular formula is C27H33F6N3O. The summed E-state index contributed by atoms with van der Waals surface area (Å²) in [5.41, 5.74) is -2.03. The molecule has 0 saturated carbocycles. The molecule has 1 atom stereocenters. The summed E-state index contributed by atoms with van der Waals surface area (Å²) in [6.07, 6.45) is -9.96. The predicted octanol–water partition coefficient (Wildman–Crippen LogP) is 5.74. The van der Waals surface area contributed by atoms with Crippen molar-refractivity contribution < 1.29 is 31.1 Å². The summed E-state index contributed by atoms with van der Waals surface area (Å²) in [6.45, 7) is 8.22. The molecule has 1 aliphatic rings. The fourth-order valence-electron chi connectivity index (χ4n) is 4.64. The Bertz CT molecular complexity index is 998. The lowest BCUT2D eigenvalue weighted by Crippen LogP contribution is -2.51. The molecule has 1 amide bonds. The molecule has 0 spiro atoms. The molecule has 0 N–H and O–H groups in total. The molecule has 1 aliphatic heterocycles. The highest BCUT2D eigenvalue weighted by molar-refractivity contribution is 5.83. The number of rotatable bonds is 8. The molecule has 0 aliphatic carbocycles. The van der Waals surface area contributed by atoms with Crippen molar-refractivity contribution in [2.24, 2.45) is 5.92 Å². The highest BCUT2D eigenvalue weighted by atomic mass is 19.4. The molecule has 0 radical (unpaired) electrons. The van der Waals surface area contributed by atoms with Gasteiger partial charge in [0.05, 0.1) is 11.1 Å². The van der Waals surface area contributed by atoms with Gasteiger partial charge in [-0.15, -0.1) is 0 Å². The minimum Gasteiger partial charge on any atom is -0.344 e. The van der Waals surface area contributed by atoms with Crippen LogP contribution >= 0.6 is 0 Å². The number of piperazine rings is 1. The van der Waals surface area contributed by atoms with E-state index in [-0.39, 0.29) is 30.5 Å². The summed E-state index contributed by atoms with van der Waals surface area (Å²) in [7, 11) is 1.53. The highest BCUT2D eigenvalue weighted by Gasteiger charge is 2.37. The number of benzene rings is 2. The molecule has 2 aromatic rings. The topological polar surface area (TPSA) is 26.8 Å². The van der Waals surface area contributed by atoms with Crippen molar-refractivity contribution in [1.29, 1.82) is 0 Å². The van der Waals surface area contributed by atoms with E-state index in [9.17, 15) is 31.1 Å². The average Bonchev–Trinajstić information content (AvgIpc) is 2.82. The van der Waals surface area contributed by atoms with Crippen molar-refractivity contribution >= 4 is 5.91 Å². The van der Waals surface area contributed by atoms with Gasteiger partial charge >= 0.3 is 12.4 Å². The van der Waals surface area contributed by atoms with E-state index in [0.717, 1.165) is 37.3 Å². The molecule has 37 heavy (non-hydrogen) atoms. The lowest BCUT2D eigenvalue weighted by molar-refractivity contribution is -0.143. The Labute approximate surface area is 213 Å². The second-order valence-electron chi connectivity index (χ2n) is 9.97. The molecule has 1 unspecified atom stereocenters. The summed E-state index contributed by atoms with van der Waals surface area (Å²) in [6, 6.07) is 10.2. The zero-order valence-electron chi connectivity index (χ0n) is 21.2. The van der Waals surface area contributed by atoms with Crippen molar-refractivity contribution in [2.75, 3.05) is 46.3 Å². The van der Waals surface area contributed by atoms with Gasteiger partial charge in [-0.25, -0.2) is 0 Å². The summed E-state index contributed by atoms with van der Waals surface area (Å²) < 4.78 is 79.3. The van der Waals surface area contributed by atoms with E-state index in [4.69, 9.17) is 0 Å². The molecule has 0 aromatic heterocycles. The van der Waals surface area contributed by atoms with Crippen molar-refractivity contribution in [3.8, 4) is 0 Å². The molecule has 1 heterocycles. The van der Waals surface area contributed by atoms with Gasteiger partial charge in [-0.2, -0.15) is 26.3 Å². The van der Waals surface area contributed by atoms with Crippen LogP contribution in [0, 0.1) is 5.92 Å². The van der Waals surface area contributed by atoms with Crippen LogP contribution < -0.4 is 0 Å². The summed E-state index contributed by atoms with van der Waals surface area (Å²) in [5, 5.41) is 0. The van der Waals surface area contributed by atoms with Gasteiger partial charge in [0.25, 0.3) is 0 Å². The van der Waals surface area contributed by atoms with Gasteiger partial charge in [-0.3, -0.25) is 9.69 Å². The maximum atomic E-state index is 13.6. The van der Waals surface area contributed by atoms with E-state index in [1.54, 1.807) is 0 Å². The standard InChI is InChI=1S/C27H33F6N3O/c1-19(2)18-35-11-13-36(14-12-35)24(21-7-5-4-6-8-21)25(37)34(3)10-9-20-15-22(26(28,29)30)17-23(16-20)27(31,32)33/h4-8,15-17,19,24H,9-14,18H2,1-3H3. The first-order valence-electron chi connectivity index (χ1n) is 12.3. The Kier molecular flexibility index (Phi) is 9.28. The van der Waals surface area contributed by atoms with Crippen molar-refractivity contribution in [1.82, 2.24) is 14.7 Å². The van der Waals surface area contributed by atoms with E-state index in [0.29, 0.717) is 19.0 Å². The Morgan fingerprint density at radius 1 is 0.892 bits per heavy atom. The van der Waals surface area contributed by atoms with E-state index in [2.05, 4.69) is 23.6 Å². The van der Waals surface area contributed by atoms with Gasteiger partial charge in [0.1, 0.15) is 6.04 Å². The first kappa shape index (κ1) is 29.0. The largest absolute Gasteiger partial charge is 0.416 e. The lowest BCUT2D eigenvalue weighted by Gasteiger charge is -2.40. The minimum absolute atomic E-state index is 0.0198. The number of hydrogen-bond acceptors (Lipinski definition) is 3. The summed E-state index contributed by atoms with van der Waals surface area (Å²) in [4.78, 5) is 19.4. The second kappa shape index (κ2) is 11.9. The number of carbonyl (C=O) groups is 1. The zero-order chi connectivity index (χ0) is 27.4. The van der Waals surface area contributed by atoms with Crippen LogP contribution in [0.5, 0.6) is 0 Å². The first-order chi connectivity index (χ1) is 17.3. The van der Waals surface area contributed by atoms with Gasteiger partial charge < -0.3 is 9.80 Å². The Morgan fingerprint density at radius 2 is 1.43 bits per heavy atom. The van der Waals surface area contributed by atoms with E-state index in [1.807, 2.05) is 30.3 Å². The van der Waals surface area contributed by atoms with Crippen LogP contribution in [-0.2, 0) is 23.6 Å². The van der Waals surface area contributed by atoms with E-state index < -0.39 is 29.5 Å². The number of amides is 1. The van der Waals surface area contributed by atoms with Crippen molar-refractivity contribution in [2.45, 2.75) is 38.7 Å². The number of halogens is 6. The number of nitrogens with zero attached hydrogens (tertiary/aromatic N) is 3. The van der Waals surface area contributed by atoms with Crippen LogP contribution in [0.2, 0.25) is 0 Å². The minimum atomic E-state index is -4.91. The molecule has 4 nitrogen and oxygen atoms in total. The Morgan fingerprint density at radius 3 is 1.92 bits per heavy atom. The monoisotopic (exact) mass is 529 g/mol. The van der Waals surface area contributed by atoms with Gasteiger partial charge in [0.2, 0.25) is 5.91 Å². The maximum absolute atomic E-state index is 13.6. The molecule has 2 aromatic carbocycles. The molecule has 1 fully saturated rings. The van der Waals surface area contributed by atoms with Crippen molar-refractivity contribution in [3.63, 3.8) is 0 Å². The first-order valence-corrected chi connectivity index (χ1v) is 12.3. The molecular weight excluding hydrogens is 496 g/mol. The van der Waals surface area contributed by atoms with E-state index >= 15 is 0 Å². The van der Waals surface area contributed by atoms with Crippen molar-refractivity contribution in [3.05, 3.63) is 70.8 Å². The maximum Gasteiger partial charge on any atom is 0.416 e. The number of hydrogen-bond donors (Lipinski definition) is 0. The summed E-state index contributed by atoms with van der Waals surface area (Å²) >= 11 is 0. The van der Waals surface area contributed by atoms with Crippen LogP contribution in [0.3, 0.4) is 0 Å². The molecule has 10 heteroatoms. The second-order valence-corrected chi connectivity index (χ2v) is 9.97. The van der Waals surface area contributed by atoms with Gasteiger partial charge in [-0.05, 0) is 41.7 Å². The quantitative estimate of drug-likeness (QED) is 0.408. The third-order valence-electron chi connectivity index (χ3n) is 6.50. The predicted molar refractivity (Wildman–Crippen MR) is 130 cm³/mol. The highest BCUT2D eigenvalue weighted by Crippen LogP contribution is 2.36.